The SMILES string of the molecule is Cc1cccc(C#N)c1Sc1ccc(Cl)cn1. The van der Waals surface area contributed by atoms with E-state index in [0.717, 1.165) is 15.5 Å². The molecule has 0 atom stereocenters. The quantitative estimate of drug-likeness (QED) is 0.817. The van der Waals surface area contributed by atoms with Crippen LogP contribution in [0.15, 0.2) is 46.5 Å². The molecule has 0 radical (unpaired) electrons. The second-order valence-corrected chi connectivity index (χ2v) is 4.95. The summed E-state index contributed by atoms with van der Waals surface area (Å²) in [5, 5.41) is 10.5. The summed E-state index contributed by atoms with van der Waals surface area (Å²) in [5.74, 6) is 0. The molecule has 0 amide bonds. The van der Waals surface area contributed by atoms with Crippen molar-refractivity contribution in [2.24, 2.45) is 0 Å². The van der Waals surface area contributed by atoms with Crippen molar-refractivity contribution in [1.29, 1.82) is 5.26 Å². The Morgan fingerprint density at radius 2 is 2.12 bits per heavy atom. The Morgan fingerprint density at radius 1 is 1.29 bits per heavy atom. The number of nitriles is 1. The van der Waals surface area contributed by atoms with E-state index in [1.54, 1.807) is 12.3 Å². The highest BCUT2D eigenvalue weighted by molar-refractivity contribution is 7.99. The van der Waals surface area contributed by atoms with E-state index in [1.165, 1.54) is 11.8 Å². The van der Waals surface area contributed by atoms with Crippen LogP contribution in [0.1, 0.15) is 11.1 Å². The van der Waals surface area contributed by atoms with Crippen molar-refractivity contribution in [3.05, 3.63) is 52.7 Å². The van der Waals surface area contributed by atoms with Crippen molar-refractivity contribution in [3.63, 3.8) is 0 Å². The normalized spacial score (nSPS) is 9.94. The third kappa shape index (κ3) is 2.79. The second-order valence-electron chi connectivity index (χ2n) is 3.48. The Kier molecular flexibility index (Phi) is 3.68. The summed E-state index contributed by atoms with van der Waals surface area (Å²) in [5.41, 5.74) is 1.75. The molecule has 17 heavy (non-hydrogen) atoms. The van der Waals surface area contributed by atoms with Crippen LogP contribution in [0.5, 0.6) is 0 Å². The monoisotopic (exact) mass is 260 g/mol. The fourth-order valence-corrected chi connectivity index (χ4v) is 2.42. The number of aromatic nitrogens is 1. The van der Waals surface area contributed by atoms with E-state index >= 15 is 0 Å². The van der Waals surface area contributed by atoms with Gasteiger partial charge < -0.3 is 0 Å². The van der Waals surface area contributed by atoms with Crippen molar-refractivity contribution in [2.75, 3.05) is 0 Å². The molecule has 0 aliphatic rings. The van der Waals surface area contributed by atoms with Gasteiger partial charge in [0.15, 0.2) is 0 Å². The van der Waals surface area contributed by atoms with E-state index < -0.39 is 0 Å². The Morgan fingerprint density at radius 3 is 2.76 bits per heavy atom. The predicted molar refractivity (Wildman–Crippen MR) is 69.3 cm³/mol. The molecule has 0 aliphatic heterocycles. The summed E-state index contributed by atoms with van der Waals surface area (Å²) in [6.07, 6.45) is 1.61. The van der Waals surface area contributed by atoms with Gasteiger partial charge in [-0.25, -0.2) is 4.98 Å². The number of hydrogen-bond donors (Lipinski definition) is 0. The van der Waals surface area contributed by atoms with Gasteiger partial charge in [-0.2, -0.15) is 5.26 Å². The molecular formula is C13H9ClN2S. The summed E-state index contributed by atoms with van der Waals surface area (Å²) in [4.78, 5) is 5.16. The standard InChI is InChI=1S/C13H9ClN2S/c1-9-3-2-4-10(7-15)13(9)17-12-6-5-11(14)8-16-12/h2-6,8H,1H3. The molecule has 0 unspecified atom stereocenters. The summed E-state index contributed by atoms with van der Waals surface area (Å²) in [6, 6.07) is 11.5. The van der Waals surface area contributed by atoms with E-state index in [0.29, 0.717) is 10.6 Å². The minimum absolute atomic E-state index is 0.611. The summed E-state index contributed by atoms with van der Waals surface area (Å²) in [6.45, 7) is 1.99. The molecule has 0 N–H and O–H groups in total. The first-order valence-electron chi connectivity index (χ1n) is 5.00. The van der Waals surface area contributed by atoms with Crippen molar-refractivity contribution in [3.8, 4) is 6.07 Å². The molecule has 0 fully saturated rings. The van der Waals surface area contributed by atoms with Crippen molar-refractivity contribution in [1.82, 2.24) is 4.98 Å². The topological polar surface area (TPSA) is 36.7 Å². The van der Waals surface area contributed by atoms with Gasteiger partial charge in [-0.3, -0.25) is 0 Å². The van der Waals surface area contributed by atoms with E-state index in [2.05, 4.69) is 11.1 Å². The minimum atomic E-state index is 0.611. The molecule has 4 heteroatoms. The molecule has 1 heterocycles. The summed E-state index contributed by atoms with van der Waals surface area (Å²) >= 11 is 7.26. The molecule has 1 aromatic carbocycles. The van der Waals surface area contributed by atoms with Gasteiger partial charge in [0.1, 0.15) is 11.1 Å². The minimum Gasteiger partial charge on any atom is -0.248 e. The molecule has 0 bridgehead atoms. The second kappa shape index (κ2) is 5.22. The van der Waals surface area contributed by atoms with E-state index in [-0.39, 0.29) is 0 Å². The van der Waals surface area contributed by atoms with Gasteiger partial charge in [0, 0.05) is 11.1 Å². The van der Waals surface area contributed by atoms with Crippen LogP contribution in [0.2, 0.25) is 5.02 Å². The highest BCUT2D eigenvalue weighted by Gasteiger charge is 2.07. The number of pyridine rings is 1. The van der Waals surface area contributed by atoms with Crippen LogP contribution in [0.4, 0.5) is 0 Å². The Hall–Kier alpha value is -1.50. The molecule has 2 nitrogen and oxygen atoms in total. The fourth-order valence-electron chi connectivity index (χ4n) is 1.40. The van der Waals surface area contributed by atoms with Gasteiger partial charge in [0.2, 0.25) is 0 Å². The first-order valence-corrected chi connectivity index (χ1v) is 6.19. The third-order valence-electron chi connectivity index (χ3n) is 2.24. The molecule has 1 aromatic heterocycles. The van der Waals surface area contributed by atoms with Gasteiger partial charge in [-0.1, -0.05) is 35.5 Å². The van der Waals surface area contributed by atoms with Crippen LogP contribution >= 0.6 is 23.4 Å². The highest BCUT2D eigenvalue weighted by Crippen LogP contribution is 2.31. The van der Waals surface area contributed by atoms with E-state index in [4.69, 9.17) is 16.9 Å². The molecule has 0 saturated carbocycles. The maximum atomic E-state index is 9.06. The zero-order chi connectivity index (χ0) is 12.3. The average Bonchev–Trinajstić information content (AvgIpc) is 2.34. The van der Waals surface area contributed by atoms with Crippen LogP contribution in [-0.2, 0) is 0 Å². The van der Waals surface area contributed by atoms with Crippen LogP contribution < -0.4 is 0 Å². The predicted octanol–water partition coefficient (Wildman–Crippen LogP) is 4.07. The lowest BCUT2D eigenvalue weighted by Gasteiger charge is -2.06. The van der Waals surface area contributed by atoms with Crippen LogP contribution in [-0.4, -0.2) is 4.98 Å². The maximum Gasteiger partial charge on any atom is 0.101 e. The van der Waals surface area contributed by atoms with E-state index in [1.807, 2.05) is 31.2 Å². The maximum absolute atomic E-state index is 9.06. The smallest absolute Gasteiger partial charge is 0.101 e. The Labute approximate surface area is 109 Å². The third-order valence-corrected chi connectivity index (χ3v) is 3.66. The summed E-state index contributed by atoms with van der Waals surface area (Å²) < 4.78 is 0. The first kappa shape index (κ1) is 12.0. The fraction of sp³-hybridized carbons (Fsp3) is 0.0769. The zero-order valence-corrected chi connectivity index (χ0v) is 10.7. The number of aryl methyl sites for hydroxylation is 1. The number of benzene rings is 1. The van der Waals surface area contributed by atoms with Gasteiger partial charge in [0.05, 0.1) is 10.6 Å². The summed E-state index contributed by atoms with van der Waals surface area (Å²) in [7, 11) is 0. The van der Waals surface area contributed by atoms with Crippen molar-refractivity contribution in [2.45, 2.75) is 16.8 Å². The Bertz CT molecular complexity index is 573. The molecule has 2 rings (SSSR count). The molecular weight excluding hydrogens is 252 g/mol. The molecule has 84 valence electrons. The highest BCUT2D eigenvalue weighted by atomic mass is 35.5. The largest absolute Gasteiger partial charge is 0.248 e. The number of rotatable bonds is 2. The average molecular weight is 261 g/mol. The lowest BCUT2D eigenvalue weighted by Crippen LogP contribution is -1.87. The van der Waals surface area contributed by atoms with Crippen LogP contribution in [0, 0.1) is 18.3 Å². The molecule has 0 aliphatic carbocycles. The zero-order valence-electron chi connectivity index (χ0n) is 9.14. The number of hydrogen-bond acceptors (Lipinski definition) is 3. The van der Waals surface area contributed by atoms with Gasteiger partial charge in [-0.05, 0) is 30.7 Å². The van der Waals surface area contributed by atoms with E-state index in [9.17, 15) is 0 Å². The molecule has 2 aromatic rings. The molecule has 0 spiro atoms. The number of nitrogens with zero attached hydrogens (tertiary/aromatic N) is 2. The van der Waals surface area contributed by atoms with Gasteiger partial charge in [0.25, 0.3) is 0 Å². The molecule has 0 saturated heterocycles. The van der Waals surface area contributed by atoms with Crippen LogP contribution in [0.25, 0.3) is 0 Å². The lowest BCUT2D eigenvalue weighted by molar-refractivity contribution is 1.13. The Balaban J connectivity index is 2.36. The van der Waals surface area contributed by atoms with Crippen LogP contribution in [0.3, 0.4) is 0 Å². The van der Waals surface area contributed by atoms with Crippen molar-refractivity contribution >= 4 is 23.4 Å². The van der Waals surface area contributed by atoms with Gasteiger partial charge in [-0.15, -0.1) is 0 Å². The first-order chi connectivity index (χ1) is 8.20. The lowest BCUT2D eigenvalue weighted by atomic mass is 10.1. The van der Waals surface area contributed by atoms with Gasteiger partial charge >= 0.3 is 0 Å². The van der Waals surface area contributed by atoms with Crippen molar-refractivity contribution < 1.29 is 0 Å². The number of halogens is 1.